The van der Waals surface area contributed by atoms with Crippen LogP contribution in [0.4, 0.5) is 5.69 Å². The standard InChI is InChI=1S/C19H22N2O5S/c1-14(22)16-6-8-17(9-7-16)20-19(23)13-21(27(3,24)25)12-15-4-10-18(26-2)11-5-15/h4-11H,12-13H2,1-3H3,(H,20,23). The van der Waals surface area contributed by atoms with Crippen molar-refractivity contribution in [1.29, 1.82) is 0 Å². The Morgan fingerprint density at radius 1 is 1.04 bits per heavy atom. The van der Waals surface area contributed by atoms with Crippen LogP contribution in [-0.2, 0) is 21.4 Å². The van der Waals surface area contributed by atoms with Crippen molar-refractivity contribution < 1.29 is 22.7 Å². The van der Waals surface area contributed by atoms with Gasteiger partial charge in [0.1, 0.15) is 5.75 Å². The Hall–Kier alpha value is -2.71. The number of hydrogen-bond acceptors (Lipinski definition) is 5. The topological polar surface area (TPSA) is 92.8 Å². The fourth-order valence-electron chi connectivity index (χ4n) is 2.37. The van der Waals surface area contributed by atoms with E-state index < -0.39 is 15.9 Å². The number of anilines is 1. The van der Waals surface area contributed by atoms with Crippen molar-refractivity contribution in [2.24, 2.45) is 0 Å². The molecular weight excluding hydrogens is 368 g/mol. The number of rotatable bonds is 8. The first kappa shape index (κ1) is 20.6. The molecule has 0 aliphatic heterocycles. The van der Waals surface area contributed by atoms with E-state index in [1.807, 2.05) is 0 Å². The fourth-order valence-corrected chi connectivity index (χ4v) is 3.11. The number of sulfonamides is 1. The lowest BCUT2D eigenvalue weighted by Gasteiger charge is -2.19. The van der Waals surface area contributed by atoms with E-state index in [4.69, 9.17) is 4.74 Å². The molecular formula is C19H22N2O5S. The lowest BCUT2D eigenvalue weighted by molar-refractivity contribution is -0.116. The van der Waals surface area contributed by atoms with E-state index in [1.165, 1.54) is 6.92 Å². The predicted molar refractivity (Wildman–Crippen MR) is 103 cm³/mol. The highest BCUT2D eigenvalue weighted by atomic mass is 32.2. The smallest absolute Gasteiger partial charge is 0.239 e. The third-order valence-electron chi connectivity index (χ3n) is 3.88. The molecule has 7 nitrogen and oxygen atoms in total. The number of ether oxygens (including phenoxy) is 1. The Balaban J connectivity index is 2.06. The van der Waals surface area contributed by atoms with Crippen LogP contribution >= 0.6 is 0 Å². The van der Waals surface area contributed by atoms with E-state index in [2.05, 4.69) is 5.32 Å². The van der Waals surface area contributed by atoms with Gasteiger partial charge in [-0.05, 0) is 48.9 Å². The highest BCUT2D eigenvalue weighted by Gasteiger charge is 2.20. The predicted octanol–water partition coefficient (Wildman–Crippen LogP) is 2.30. The zero-order valence-corrected chi connectivity index (χ0v) is 16.2. The monoisotopic (exact) mass is 390 g/mol. The number of ketones is 1. The Labute approximate surface area is 159 Å². The summed E-state index contributed by atoms with van der Waals surface area (Å²) >= 11 is 0. The van der Waals surface area contributed by atoms with Crippen molar-refractivity contribution in [3.05, 3.63) is 59.7 Å². The SMILES string of the molecule is COc1ccc(CN(CC(=O)Nc2ccc(C(C)=O)cc2)S(C)(=O)=O)cc1. The summed E-state index contributed by atoms with van der Waals surface area (Å²) in [6.07, 6.45) is 1.06. The van der Waals surface area contributed by atoms with Crippen molar-refractivity contribution in [3.8, 4) is 5.75 Å². The van der Waals surface area contributed by atoms with Crippen LogP contribution in [-0.4, -0.2) is 44.3 Å². The van der Waals surface area contributed by atoms with Crippen molar-refractivity contribution in [2.75, 3.05) is 25.2 Å². The van der Waals surface area contributed by atoms with Crippen LogP contribution in [0.5, 0.6) is 5.75 Å². The summed E-state index contributed by atoms with van der Waals surface area (Å²) in [4.78, 5) is 23.6. The van der Waals surface area contributed by atoms with Gasteiger partial charge in [-0.25, -0.2) is 8.42 Å². The quantitative estimate of drug-likeness (QED) is 0.698. The normalized spacial score (nSPS) is 11.3. The van der Waals surface area contributed by atoms with Crippen molar-refractivity contribution in [1.82, 2.24) is 4.31 Å². The molecule has 0 saturated carbocycles. The number of amides is 1. The number of nitrogens with one attached hydrogen (secondary N) is 1. The molecule has 27 heavy (non-hydrogen) atoms. The summed E-state index contributed by atoms with van der Waals surface area (Å²) in [5, 5.41) is 2.64. The van der Waals surface area contributed by atoms with Crippen LogP contribution in [0.25, 0.3) is 0 Å². The molecule has 0 heterocycles. The Kier molecular flexibility index (Phi) is 6.70. The molecule has 1 amide bonds. The van der Waals surface area contributed by atoms with E-state index in [9.17, 15) is 18.0 Å². The van der Waals surface area contributed by atoms with Gasteiger partial charge in [-0.1, -0.05) is 12.1 Å². The van der Waals surface area contributed by atoms with E-state index in [-0.39, 0.29) is 18.9 Å². The number of methoxy groups -OCH3 is 1. The number of Topliss-reactive ketones (excluding diaryl/α,β-unsaturated/α-hetero) is 1. The summed E-state index contributed by atoms with van der Waals surface area (Å²) in [7, 11) is -2.04. The van der Waals surface area contributed by atoms with Crippen LogP contribution in [0.3, 0.4) is 0 Å². The second-order valence-electron chi connectivity index (χ2n) is 6.06. The molecule has 8 heteroatoms. The average molecular weight is 390 g/mol. The number of hydrogen-bond donors (Lipinski definition) is 1. The molecule has 0 aromatic heterocycles. The zero-order valence-electron chi connectivity index (χ0n) is 15.4. The van der Waals surface area contributed by atoms with Gasteiger partial charge >= 0.3 is 0 Å². The summed E-state index contributed by atoms with van der Waals surface area (Å²) in [5.74, 6) is 0.122. The van der Waals surface area contributed by atoms with Crippen molar-refractivity contribution in [3.63, 3.8) is 0 Å². The highest BCUT2D eigenvalue weighted by Crippen LogP contribution is 2.15. The lowest BCUT2D eigenvalue weighted by atomic mass is 10.1. The molecule has 0 aliphatic carbocycles. The van der Waals surface area contributed by atoms with Gasteiger partial charge in [-0.2, -0.15) is 4.31 Å². The molecule has 0 radical (unpaired) electrons. The molecule has 0 unspecified atom stereocenters. The molecule has 0 saturated heterocycles. The van der Waals surface area contributed by atoms with E-state index in [1.54, 1.807) is 55.6 Å². The van der Waals surface area contributed by atoms with Gasteiger partial charge in [0.25, 0.3) is 0 Å². The van der Waals surface area contributed by atoms with Gasteiger partial charge in [0.05, 0.1) is 19.9 Å². The molecule has 0 bridgehead atoms. The van der Waals surface area contributed by atoms with Crippen molar-refractivity contribution in [2.45, 2.75) is 13.5 Å². The van der Waals surface area contributed by atoms with Crippen LogP contribution in [0.2, 0.25) is 0 Å². The van der Waals surface area contributed by atoms with Gasteiger partial charge < -0.3 is 10.1 Å². The zero-order chi connectivity index (χ0) is 20.0. The number of nitrogens with zero attached hydrogens (tertiary/aromatic N) is 1. The van der Waals surface area contributed by atoms with Gasteiger partial charge in [0.2, 0.25) is 15.9 Å². The average Bonchev–Trinajstić information content (AvgIpc) is 2.61. The summed E-state index contributed by atoms with van der Waals surface area (Å²) in [6.45, 7) is 1.20. The highest BCUT2D eigenvalue weighted by molar-refractivity contribution is 7.88. The van der Waals surface area contributed by atoms with E-state index >= 15 is 0 Å². The van der Waals surface area contributed by atoms with Crippen LogP contribution < -0.4 is 10.1 Å². The number of carbonyl (C=O) groups excluding carboxylic acids is 2. The van der Waals surface area contributed by atoms with Crippen LogP contribution in [0.1, 0.15) is 22.8 Å². The molecule has 2 rings (SSSR count). The minimum Gasteiger partial charge on any atom is -0.497 e. The summed E-state index contributed by atoms with van der Waals surface area (Å²) < 4.78 is 30.3. The number of benzene rings is 2. The second-order valence-corrected chi connectivity index (χ2v) is 8.04. The summed E-state index contributed by atoms with van der Waals surface area (Å²) in [5.41, 5.74) is 1.76. The molecule has 0 spiro atoms. The second kappa shape index (κ2) is 8.79. The molecule has 0 atom stereocenters. The molecule has 1 N–H and O–H groups in total. The molecule has 2 aromatic rings. The van der Waals surface area contributed by atoms with Gasteiger partial charge in [-0.15, -0.1) is 0 Å². The number of carbonyl (C=O) groups is 2. The van der Waals surface area contributed by atoms with Crippen LogP contribution in [0.15, 0.2) is 48.5 Å². The molecule has 2 aromatic carbocycles. The molecule has 144 valence electrons. The third kappa shape index (κ3) is 6.19. The van der Waals surface area contributed by atoms with Gasteiger partial charge in [0, 0.05) is 17.8 Å². The Bertz CT molecular complexity index is 906. The fraction of sp³-hybridized carbons (Fsp3) is 0.263. The van der Waals surface area contributed by atoms with E-state index in [0.717, 1.165) is 16.1 Å². The minimum absolute atomic E-state index is 0.0690. The molecule has 0 aliphatic rings. The first-order valence-corrected chi connectivity index (χ1v) is 10.0. The van der Waals surface area contributed by atoms with Gasteiger partial charge in [0.15, 0.2) is 5.78 Å². The minimum atomic E-state index is -3.59. The largest absolute Gasteiger partial charge is 0.497 e. The Morgan fingerprint density at radius 2 is 1.63 bits per heavy atom. The first-order chi connectivity index (χ1) is 12.7. The van der Waals surface area contributed by atoms with Crippen molar-refractivity contribution >= 4 is 27.4 Å². The third-order valence-corrected chi connectivity index (χ3v) is 5.08. The molecule has 0 fully saturated rings. The lowest BCUT2D eigenvalue weighted by Crippen LogP contribution is -2.36. The van der Waals surface area contributed by atoms with E-state index in [0.29, 0.717) is 17.0 Å². The maximum absolute atomic E-state index is 12.3. The maximum atomic E-state index is 12.3. The Morgan fingerprint density at radius 3 is 2.11 bits per heavy atom. The van der Waals surface area contributed by atoms with Crippen LogP contribution in [0, 0.1) is 0 Å². The summed E-state index contributed by atoms with van der Waals surface area (Å²) in [6, 6.07) is 13.3. The first-order valence-electron chi connectivity index (χ1n) is 8.18. The van der Waals surface area contributed by atoms with Gasteiger partial charge in [-0.3, -0.25) is 9.59 Å². The maximum Gasteiger partial charge on any atom is 0.239 e.